The summed E-state index contributed by atoms with van der Waals surface area (Å²) >= 11 is 6.61. The average molecular weight is 477 g/mol. The summed E-state index contributed by atoms with van der Waals surface area (Å²) in [5, 5.41) is 0. The maximum atomic E-state index is 12.4. The second-order valence-corrected chi connectivity index (χ2v) is 5.40. The van der Waals surface area contributed by atoms with Gasteiger partial charge in [-0.25, -0.2) is 0 Å². The van der Waals surface area contributed by atoms with E-state index in [0.29, 0.717) is 8.04 Å². The molecular weight excluding hydrogens is 475 g/mol. The summed E-state index contributed by atoms with van der Waals surface area (Å²) in [5.74, 6) is 0. The predicted octanol–water partition coefficient (Wildman–Crippen LogP) is 4.68. The fourth-order valence-corrected chi connectivity index (χ4v) is 2.89. The van der Waals surface area contributed by atoms with Crippen molar-refractivity contribution in [3.05, 3.63) is 29.3 Å². The van der Waals surface area contributed by atoms with Gasteiger partial charge in [-0.3, -0.25) is 0 Å². The lowest BCUT2D eigenvalue weighted by Gasteiger charge is -2.10. The molecular formula is C7H2BrF3I2. The highest BCUT2D eigenvalue weighted by atomic mass is 127. The van der Waals surface area contributed by atoms with Gasteiger partial charge in [0, 0.05) is 11.6 Å². The molecule has 0 atom stereocenters. The molecule has 0 bridgehead atoms. The van der Waals surface area contributed by atoms with Crippen molar-refractivity contribution in [2.45, 2.75) is 6.18 Å². The summed E-state index contributed by atoms with van der Waals surface area (Å²) in [4.78, 5) is 0. The average Bonchev–Trinajstić information content (AvgIpc) is 1.94. The molecule has 1 aromatic rings. The van der Waals surface area contributed by atoms with Gasteiger partial charge in [0.15, 0.2) is 0 Å². The maximum Gasteiger partial charge on any atom is 0.417 e. The van der Waals surface area contributed by atoms with Crippen molar-refractivity contribution in [2.75, 3.05) is 0 Å². The standard InChI is InChI=1S/C7H2BrF3I2/c8-3-1-4(7(9,10)11)6(13)5(12)2-3/h1-2H. The van der Waals surface area contributed by atoms with Crippen molar-refractivity contribution < 1.29 is 13.2 Å². The SMILES string of the molecule is FC(F)(F)c1cc(Br)cc(I)c1I. The molecule has 6 heteroatoms. The molecule has 0 aliphatic heterocycles. The molecule has 0 nitrogen and oxygen atoms in total. The van der Waals surface area contributed by atoms with Crippen LogP contribution in [0.3, 0.4) is 0 Å². The molecule has 0 aliphatic rings. The lowest BCUT2D eigenvalue weighted by molar-refractivity contribution is -0.138. The zero-order valence-corrected chi connectivity index (χ0v) is 11.8. The lowest BCUT2D eigenvalue weighted by atomic mass is 10.2. The Kier molecular flexibility index (Phi) is 3.90. The third-order valence-electron chi connectivity index (χ3n) is 1.30. The van der Waals surface area contributed by atoms with Gasteiger partial charge in [-0.2, -0.15) is 13.2 Å². The first kappa shape index (κ1) is 12.0. The highest BCUT2D eigenvalue weighted by molar-refractivity contribution is 14.1. The van der Waals surface area contributed by atoms with Gasteiger partial charge in [0.25, 0.3) is 0 Å². The minimum absolute atomic E-state index is 0.244. The van der Waals surface area contributed by atoms with Crippen LogP contribution >= 0.6 is 61.1 Å². The molecule has 0 fully saturated rings. The van der Waals surface area contributed by atoms with Crippen LogP contribution in [0.4, 0.5) is 13.2 Å². The Bertz CT molecular complexity index is 335. The molecule has 0 radical (unpaired) electrons. The molecule has 0 aliphatic carbocycles. The fraction of sp³-hybridized carbons (Fsp3) is 0.143. The summed E-state index contributed by atoms with van der Waals surface area (Å²) in [6, 6.07) is 2.74. The molecule has 72 valence electrons. The van der Waals surface area contributed by atoms with E-state index >= 15 is 0 Å². The minimum atomic E-state index is -4.28. The van der Waals surface area contributed by atoms with Crippen molar-refractivity contribution in [3.8, 4) is 0 Å². The van der Waals surface area contributed by atoms with Crippen LogP contribution in [0.25, 0.3) is 0 Å². The second kappa shape index (κ2) is 4.21. The molecule has 0 saturated carbocycles. The van der Waals surface area contributed by atoms with Crippen LogP contribution in [-0.2, 0) is 6.18 Å². The van der Waals surface area contributed by atoms with Gasteiger partial charge in [0.1, 0.15) is 0 Å². The molecule has 1 aromatic carbocycles. The van der Waals surface area contributed by atoms with E-state index in [9.17, 15) is 13.2 Å². The van der Waals surface area contributed by atoms with E-state index < -0.39 is 11.7 Å². The predicted molar refractivity (Wildman–Crippen MR) is 64.6 cm³/mol. The Morgan fingerprint density at radius 1 is 1.15 bits per heavy atom. The molecule has 0 spiro atoms. The summed E-state index contributed by atoms with van der Waals surface area (Å²) in [7, 11) is 0. The van der Waals surface area contributed by atoms with E-state index in [1.54, 1.807) is 28.7 Å². The third kappa shape index (κ3) is 2.95. The quantitative estimate of drug-likeness (QED) is 0.377. The topological polar surface area (TPSA) is 0 Å². The van der Waals surface area contributed by atoms with Crippen LogP contribution in [0, 0.1) is 7.14 Å². The van der Waals surface area contributed by atoms with Crippen LogP contribution in [0.2, 0.25) is 0 Å². The Morgan fingerprint density at radius 3 is 2.15 bits per heavy atom. The van der Waals surface area contributed by atoms with Crippen LogP contribution in [0.5, 0.6) is 0 Å². The number of benzene rings is 1. The minimum Gasteiger partial charge on any atom is -0.166 e. The normalized spacial score (nSPS) is 11.8. The molecule has 13 heavy (non-hydrogen) atoms. The Labute approximate surface area is 109 Å². The number of hydrogen-bond donors (Lipinski definition) is 0. The van der Waals surface area contributed by atoms with Crippen LogP contribution < -0.4 is 0 Å². The van der Waals surface area contributed by atoms with E-state index in [1.165, 1.54) is 0 Å². The van der Waals surface area contributed by atoms with Gasteiger partial charge < -0.3 is 0 Å². The van der Waals surface area contributed by atoms with Gasteiger partial charge in [0.2, 0.25) is 0 Å². The number of halogens is 6. The largest absolute Gasteiger partial charge is 0.417 e. The van der Waals surface area contributed by atoms with Gasteiger partial charge in [-0.05, 0) is 57.3 Å². The van der Waals surface area contributed by atoms with E-state index in [4.69, 9.17) is 0 Å². The molecule has 0 aromatic heterocycles. The van der Waals surface area contributed by atoms with E-state index in [0.717, 1.165) is 6.07 Å². The van der Waals surface area contributed by atoms with E-state index in [1.807, 2.05) is 22.6 Å². The highest BCUT2D eigenvalue weighted by Gasteiger charge is 2.33. The summed E-state index contributed by atoms with van der Waals surface area (Å²) in [6.45, 7) is 0. The first-order valence-corrected chi connectivity index (χ1v) is 5.99. The second-order valence-electron chi connectivity index (χ2n) is 2.25. The van der Waals surface area contributed by atoms with Crippen molar-refractivity contribution >= 4 is 61.1 Å². The van der Waals surface area contributed by atoms with E-state index in [-0.39, 0.29) is 3.57 Å². The first-order chi connectivity index (χ1) is 5.82. The monoisotopic (exact) mass is 476 g/mol. The zero-order chi connectivity index (χ0) is 10.2. The Balaban J connectivity index is 3.37. The van der Waals surface area contributed by atoms with Crippen LogP contribution in [-0.4, -0.2) is 0 Å². The van der Waals surface area contributed by atoms with Gasteiger partial charge >= 0.3 is 6.18 Å². The fourth-order valence-electron chi connectivity index (χ4n) is 0.762. The number of rotatable bonds is 0. The molecule has 0 saturated heterocycles. The Morgan fingerprint density at radius 2 is 1.69 bits per heavy atom. The highest BCUT2D eigenvalue weighted by Crippen LogP contribution is 2.36. The molecule has 0 amide bonds. The lowest BCUT2D eigenvalue weighted by Crippen LogP contribution is -2.08. The first-order valence-electron chi connectivity index (χ1n) is 3.04. The molecule has 1 rings (SSSR count). The molecule has 0 unspecified atom stereocenters. The smallest absolute Gasteiger partial charge is 0.166 e. The molecule has 0 heterocycles. The Hall–Kier alpha value is 0.950. The third-order valence-corrected chi connectivity index (χ3v) is 4.80. The molecule has 0 N–H and O–H groups in total. The van der Waals surface area contributed by atoms with Crippen LogP contribution in [0.15, 0.2) is 16.6 Å². The van der Waals surface area contributed by atoms with Crippen molar-refractivity contribution in [2.24, 2.45) is 0 Å². The summed E-state index contributed by atoms with van der Waals surface area (Å²) in [6.07, 6.45) is -4.28. The van der Waals surface area contributed by atoms with Crippen molar-refractivity contribution in [1.82, 2.24) is 0 Å². The van der Waals surface area contributed by atoms with Crippen LogP contribution in [0.1, 0.15) is 5.56 Å². The number of alkyl halides is 3. The van der Waals surface area contributed by atoms with Gasteiger partial charge in [-0.1, -0.05) is 15.9 Å². The summed E-state index contributed by atoms with van der Waals surface area (Å²) < 4.78 is 38.4. The number of hydrogen-bond acceptors (Lipinski definition) is 0. The maximum absolute atomic E-state index is 12.4. The van der Waals surface area contributed by atoms with Gasteiger partial charge in [-0.15, -0.1) is 0 Å². The van der Waals surface area contributed by atoms with Gasteiger partial charge in [0.05, 0.1) is 5.56 Å². The van der Waals surface area contributed by atoms with E-state index in [2.05, 4.69) is 15.9 Å². The zero-order valence-electron chi connectivity index (χ0n) is 5.92. The van der Waals surface area contributed by atoms with Crippen molar-refractivity contribution in [3.63, 3.8) is 0 Å². The summed E-state index contributed by atoms with van der Waals surface area (Å²) in [5.41, 5.74) is -0.591. The van der Waals surface area contributed by atoms with Crippen molar-refractivity contribution in [1.29, 1.82) is 0 Å².